The van der Waals surface area contributed by atoms with Gasteiger partial charge in [-0.15, -0.1) is 0 Å². The predicted octanol–water partition coefficient (Wildman–Crippen LogP) is 4.10. The van der Waals surface area contributed by atoms with E-state index in [4.69, 9.17) is 5.10 Å². The normalized spacial score (nSPS) is 24.0. The molecule has 0 bridgehead atoms. The number of hydrogen-bond acceptors (Lipinski definition) is 4. The van der Waals surface area contributed by atoms with Crippen molar-refractivity contribution < 1.29 is 9.90 Å². The zero-order valence-corrected chi connectivity index (χ0v) is 19.0. The van der Waals surface area contributed by atoms with Crippen LogP contribution >= 0.6 is 0 Å². The van der Waals surface area contributed by atoms with Crippen molar-refractivity contribution in [2.75, 3.05) is 26.2 Å². The second-order valence-corrected chi connectivity index (χ2v) is 10.3. The smallest absolute Gasteiger partial charge is 0.257 e. The van der Waals surface area contributed by atoms with E-state index in [-0.39, 0.29) is 17.1 Å². The highest BCUT2D eigenvalue weighted by atomic mass is 16.3. The minimum Gasteiger partial charge on any atom is -0.508 e. The molecule has 6 heteroatoms. The molecule has 1 N–H and O–H groups in total. The third kappa shape index (κ3) is 3.75. The quantitative estimate of drug-likeness (QED) is 0.806. The number of rotatable bonds is 4. The fourth-order valence-electron chi connectivity index (χ4n) is 5.77. The molecule has 0 spiro atoms. The average Bonchev–Trinajstić information content (AvgIpc) is 3.30. The van der Waals surface area contributed by atoms with Crippen LogP contribution in [-0.4, -0.2) is 62.8 Å². The summed E-state index contributed by atoms with van der Waals surface area (Å²) in [6, 6.07) is 7.70. The molecular weight excluding hydrogens is 388 g/mol. The average molecular weight is 423 g/mol. The van der Waals surface area contributed by atoms with Crippen molar-refractivity contribution in [3.05, 3.63) is 41.2 Å². The number of amides is 1. The summed E-state index contributed by atoms with van der Waals surface area (Å²) in [6.07, 6.45) is 5.82. The Morgan fingerprint density at radius 3 is 2.52 bits per heavy atom. The SMILES string of the molecule is Cc1nn(-c2cccc(O)c2)c(C2CC2)c1C(=O)N1CCC(N2CCCC2)C(C)(C)C1. The standard InChI is InChI=1S/C25H34N4O2/c1-17-22(23(18-9-10-18)29(26-17)19-7-6-8-20(30)15-19)24(31)28-14-11-21(25(2,3)16-28)27-12-4-5-13-27/h6-8,15,18,21,30H,4-5,9-14,16H2,1-3H3. The van der Waals surface area contributed by atoms with Gasteiger partial charge in [-0.05, 0) is 69.7 Å². The highest BCUT2D eigenvalue weighted by Crippen LogP contribution is 2.44. The number of hydrogen-bond donors (Lipinski definition) is 1. The summed E-state index contributed by atoms with van der Waals surface area (Å²) in [5, 5.41) is 14.7. The van der Waals surface area contributed by atoms with Crippen molar-refractivity contribution in [2.45, 2.75) is 64.8 Å². The molecule has 6 nitrogen and oxygen atoms in total. The number of phenolic OH excluding ortho intramolecular Hbond substituents is 1. The van der Waals surface area contributed by atoms with Crippen molar-refractivity contribution in [1.82, 2.24) is 19.6 Å². The lowest BCUT2D eigenvalue weighted by atomic mass is 9.78. The number of piperidine rings is 1. The van der Waals surface area contributed by atoms with Crippen LogP contribution < -0.4 is 0 Å². The summed E-state index contributed by atoms with van der Waals surface area (Å²) < 4.78 is 1.89. The number of aryl methyl sites for hydroxylation is 1. The maximum absolute atomic E-state index is 13.8. The van der Waals surface area contributed by atoms with Crippen molar-refractivity contribution >= 4 is 5.91 Å². The van der Waals surface area contributed by atoms with Gasteiger partial charge in [-0.3, -0.25) is 9.69 Å². The zero-order valence-electron chi connectivity index (χ0n) is 19.0. The Morgan fingerprint density at radius 1 is 1.13 bits per heavy atom. The Labute approximate surface area is 184 Å². The Morgan fingerprint density at radius 2 is 1.87 bits per heavy atom. The van der Waals surface area contributed by atoms with E-state index in [2.05, 4.69) is 23.6 Å². The van der Waals surface area contributed by atoms with Crippen LogP contribution in [0.2, 0.25) is 0 Å². The number of carbonyl (C=O) groups excluding carboxylic acids is 1. The van der Waals surface area contributed by atoms with Gasteiger partial charge >= 0.3 is 0 Å². The second-order valence-electron chi connectivity index (χ2n) is 10.3. The van der Waals surface area contributed by atoms with Crippen molar-refractivity contribution in [1.29, 1.82) is 0 Å². The van der Waals surface area contributed by atoms with E-state index >= 15 is 0 Å². The molecule has 3 heterocycles. The molecular formula is C25H34N4O2. The summed E-state index contributed by atoms with van der Waals surface area (Å²) in [5.74, 6) is 0.711. The van der Waals surface area contributed by atoms with Crippen LogP contribution in [0.5, 0.6) is 5.75 Å². The second kappa shape index (κ2) is 7.66. The first-order valence-electron chi connectivity index (χ1n) is 11.8. The summed E-state index contributed by atoms with van der Waals surface area (Å²) in [5.41, 5.74) is 3.48. The molecule has 2 aromatic rings. The highest BCUT2D eigenvalue weighted by molar-refractivity contribution is 5.97. The molecule has 3 aliphatic rings. The predicted molar refractivity (Wildman–Crippen MR) is 121 cm³/mol. The monoisotopic (exact) mass is 422 g/mol. The third-order valence-electron chi connectivity index (χ3n) is 7.39. The lowest BCUT2D eigenvalue weighted by Crippen LogP contribution is -2.56. The highest BCUT2D eigenvalue weighted by Gasteiger charge is 2.43. The van der Waals surface area contributed by atoms with E-state index in [1.165, 1.54) is 25.9 Å². The van der Waals surface area contributed by atoms with E-state index in [0.717, 1.165) is 55.0 Å². The lowest BCUT2D eigenvalue weighted by molar-refractivity contribution is 0.0161. The van der Waals surface area contributed by atoms with E-state index in [1.807, 2.05) is 23.7 Å². The van der Waals surface area contributed by atoms with Crippen molar-refractivity contribution in [3.63, 3.8) is 0 Å². The summed E-state index contributed by atoms with van der Waals surface area (Å²) in [6.45, 7) is 10.6. The molecule has 1 saturated carbocycles. The number of carbonyl (C=O) groups is 1. The van der Waals surface area contributed by atoms with Gasteiger partial charge in [0.25, 0.3) is 5.91 Å². The minimum absolute atomic E-state index is 0.0765. The molecule has 5 rings (SSSR count). The topological polar surface area (TPSA) is 61.6 Å². The first-order valence-corrected chi connectivity index (χ1v) is 11.8. The van der Waals surface area contributed by atoms with Crippen LogP contribution in [0.4, 0.5) is 0 Å². The van der Waals surface area contributed by atoms with Gasteiger partial charge in [0.2, 0.25) is 0 Å². The Hall–Kier alpha value is -2.34. The minimum atomic E-state index is 0.0765. The largest absolute Gasteiger partial charge is 0.508 e. The number of phenols is 1. The molecule has 1 aliphatic carbocycles. The van der Waals surface area contributed by atoms with Crippen LogP contribution in [0.3, 0.4) is 0 Å². The maximum Gasteiger partial charge on any atom is 0.257 e. The molecule has 0 radical (unpaired) electrons. The Bertz CT molecular complexity index is 985. The molecule has 31 heavy (non-hydrogen) atoms. The van der Waals surface area contributed by atoms with E-state index < -0.39 is 0 Å². The zero-order chi connectivity index (χ0) is 21.8. The molecule has 1 amide bonds. The maximum atomic E-state index is 13.8. The number of nitrogens with zero attached hydrogens (tertiary/aromatic N) is 4. The van der Waals surface area contributed by atoms with Gasteiger partial charge in [-0.1, -0.05) is 19.9 Å². The number of likely N-dealkylation sites (tertiary alicyclic amines) is 2. The fourth-order valence-corrected chi connectivity index (χ4v) is 5.77. The van der Waals surface area contributed by atoms with Gasteiger partial charge in [0.1, 0.15) is 5.75 Å². The molecule has 166 valence electrons. The number of aromatic hydroxyl groups is 1. The molecule has 2 saturated heterocycles. The first kappa shape index (κ1) is 20.6. The van der Waals surface area contributed by atoms with Crippen LogP contribution in [-0.2, 0) is 0 Å². The Balaban J connectivity index is 1.45. The summed E-state index contributed by atoms with van der Waals surface area (Å²) in [7, 11) is 0. The van der Waals surface area contributed by atoms with Gasteiger partial charge < -0.3 is 10.0 Å². The first-order chi connectivity index (χ1) is 14.8. The summed E-state index contributed by atoms with van der Waals surface area (Å²) in [4.78, 5) is 18.5. The third-order valence-corrected chi connectivity index (χ3v) is 7.39. The number of benzene rings is 1. The van der Waals surface area contributed by atoms with E-state index in [1.54, 1.807) is 12.1 Å². The van der Waals surface area contributed by atoms with Crippen LogP contribution in [0.1, 0.15) is 73.6 Å². The van der Waals surface area contributed by atoms with Crippen molar-refractivity contribution in [3.8, 4) is 11.4 Å². The van der Waals surface area contributed by atoms with Gasteiger partial charge in [-0.2, -0.15) is 5.10 Å². The molecule has 1 unspecified atom stereocenters. The van der Waals surface area contributed by atoms with Crippen LogP contribution in [0, 0.1) is 12.3 Å². The van der Waals surface area contributed by atoms with Gasteiger partial charge in [-0.25, -0.2) is 4.68 Å². The fraction of sp³-hybridized carbons (Fsp3) is 0.600. The van der Waals surface area contributed by atoms with Crippen LogP contribution in [0.15, 0.2) is 24.3 Å². The van der Waals surface area contributed by atoms with E-state index in [0.29, 0.717) is 12.0 Å². The molecule has 1 aromatic heterocycles. The lowest BCUT2D eigenvalue weighted by Gasteiger charge is -2.48. The van der Waals surface area contributed by atoms with Gasteiger partial charge in [0, 0.05) is 31.1 Å². The molecule has 1 atom stereocenters. The van der Waals surface area contributed by atoms with Gasteiger partial charge in [0.15, 0.2) is 0 Å². The molecule has 3 fully saturated rings. The van der Waals surface area contributed by atoms with Gasteiger partial charge in [0.05, 0.1) is 22.6 Å². The molecule has 2 aliphatic heterocycles. The summed E-state index contributed by atoms with van der Waals surface area (Å²) >= 11 is 0. The van der Waals surface area contributed by atoms with Crippen molar-refractivity contribution in [2.24, 2.45) is 5.41 Å². The molecule has 1 aromatic carbocycles. The Kier molecular flexibility index (Phi) is 5.08. The van der Waals surface area contributed by atoms with E-state index in [9.17, 15) is 9.90 Å². The number of aromatic nitrogens is 2. The van der Waals surface area contributed by atoms with Crippen LogP contribution in [0.25, 0.3) is 5.69 Å².